The number of fused-ring (bicyclic) bond motifs is 1. The molecule has 0 fully saturated rings. The minimum absolute atomic E-state index is 0.242. The van der Waals surface area contributed by atoms with E-state index in [1.165, 1.54) is 0 Å². The van der Waals surface area contributed by atoms with E-state index >= 15 is 0 Å². The predicted molar refractivity (Wildman–Crippen MR) is 58.5 cm³/mol. The summed E-state index contributed by atoms with van der Waals surface area (Å²) in [5.41, 5.74) is 6.49. The van der Waals surface area contributed by atoms with Crippen LogP contribution in [0.4, 0.5) is 5.95 Å². The molecule has 0 aromatic carbocycles. The lowest BCUT2D eigenvalue weighted by Gasteiger charge is -1.98. The van der Waals surface area contributed by atoms with E-state index in [9.17, 15) is 0 Å². The summed E-state index contributed by atoms with van der Waals surface area (Å²) in [5.74, 6) is 0.768. The first-order chi connectivity index (χ1) is 7.34. The van der Waals surface area contributed by atoms with Crippen LogP contribution in [0.25, 0.3) is 16.3 Å². The van der Waals surface area contributed by atoms with Crippen molar-refractivity contribution in [3.05, 3.63) is 29.8 Å². The molecule has 0 bridgehead atoms. The van der Waals surface area contributed by atoms with Gasteiger partial charge in [-0.1, -0.05) is 6.07 Å². The van der Waals surface area contributed by atoms with Gasteiger partial charge in [-0.05, 0) is 17.5 Å². The van der Waals surface area contributed by atoms with Crippen LogP contribution in [-0.4, -0.2) is 19.6 Å². The minimum atomic E-state index is 0.242. The van der Waals surface area contributed by atoms with Gasteiger partial charge < -0.3 is 5.73 Å². The second-order valence-corrected chi connectivity index (χ2v) is 3.94. The summed E-state index contributed by atoms with van der Waals surface area (Å²) >= 11 is 1.64. The van der Waals surface area contributed by atoms with Gasteiger partial charge in [-0.15, -0.1) is 16.4 Å². The number of hydrogen-bond acceptors (Lipinski definition) is 5. The van der Waals surface area contributed by atoms with Gasteiger partial charge in [-0.3, -0.25) is 0 Å². The third kappa shape index (κ3) is 1.26. The van der Waals surface area contributed by atoms with Crippen LogP contribution in [0.3, 0.4) is 0 Å². The highest BCUT2D eigenvalue weighted by Gasteiger charge is 2.08. The summed E-state index contributed by atoms with van der Waals surface area (Å²) < 4.78 is 1.65. The fourth-order valence-electron chi connectivity index (χ4n) is 1.42. The number of rotatable bonds is 1. The normalized spacial score (nSPS) is 10.9. The van der Waals surface area contributed by atoms with Gasteiger partial charge >= 0.3 is 0 Å². The zero-order valence-corrected chi connectivity index (χ0v) is 8.48. The van der Waals surface area contributed by atoms with Gasteiger partial charge in [-0.25, -0.2) is 4.98 Å². The van der Waals surface area contributed by atoms with E-state index in [4.69, 9.17) is 5.73 Å². The lowest BCUT2D eigenvalue weighted by molar-refractivity contribution is 0.955. The zero-order valence-electron chi connectivity index (χ0n) is 7.66. The van der Waals surface area contributed by atoms with Gasteiger partial charge in [-0.2, -0.15) is 9.50 Å². The Bertz CT molecular complexity index is 598. The van der Waals surface area contributed by atoms with Crippen molar-refractivity contribution in [2.45, 2.75) is 0 Å². The summed E-state index contributed by atoms with van der Waals surface area (Å²) in [6.45, 7) is 0. The largest absolute Gasteiger partial charge is 0.366 e. The Morgan fingerprint density at radius 3 is 3.07 bits per heavy atom. The average molecular weight is 217 g/mol. The fraction of sp³-hybridized carbons (Fsp3) is 0. The molecule has 0 amide bonds. The summed E-state index contributed by atoms with van der Waals surface area (Å²) in [6.07, 6.45) is 1.71. The van der Waals surface area contributed by atoms with E-state index in [-0.39, 0.29) is 5.95 Å². The molecule has 15 heavy (non-hydrogen) atoms. The second-order valence-electron chi connectivity index (χ2n) is 2.99. The average Bonchev–Trinajstić information content (AvgIpc) is 2.82. The molecule has 3 heterocycles. The SMILES string of the molecule is Nc1nc2nccc(-c3cccs3)n2n1. The van der Waals surface area contributed by atoms with Crippen LogP contribution in [0, 0.1) is 0 Å². The standard InChI is InChI=1S/C9H7N5S/c10-8-12-9-11-4-3-6(14(9)13-8)7-2-1-5-15-7/h1-5H,(H2,10,13). The first-order valence-corrected chi connectivity index (χ1v) is 5.24. The quantitative estimate of drug-likeness (QED) is 0.669. The Hall–Kier alpha value is -1.95. The highest BCUT2D eigenvalue weighted by Crippen LogP contribution is 2.23. The predicted octanol–water partition coefficient (Wildman–Crippen LogP) is 1.44. The molecule has 2 N–H and O–H groups in total. The highest BCUT2D eigenvalue weighted by atomic mass is 32.1. The first-order valence-electron chi connectivity index (χ1n) is 4.36. The molecule has 0 unspecified atom stereocenters. The molecular formula is C9H7N5S. The third-order valence-corrected chi connectivity index (χ3v) is 2.92. The summed E-state index contributed by atoms with van der Waals surface area (Å²) in [7, 11) is 0. The molecular weight excluding hydrogens is 210 g/mol. The molecule has 0 saturated carbocycles. The smallest absolute Gasteiger partial charge is 0.254 e. The third-order valence-electron chi connectivity index (χ3n) is 2.03. The number of thiophene rings is 1. The Labute approximate surface area is 89.2 Å². The Morgan fingerprint density at radius 1 is 1.33 bits per heavy atom. The summed E-state index contributed by atoms with van der Waals surface area (Å²) in [6, 6.07) is 5.91. The summed E-state index contributed by atoms with van der Waals surface area (Å²) in [4.78, 5) is 9.21. The van der Waals surface area contributed by atoms with Crippen LogP contribution in [-0.2, 0) is 0 Å². The van der Waals surface area contributed by atoms with E-state index < -0.39 is 0 Å². The maximum atomic E-state index is 5.53. The van der Waals surface area contributed by atoms with Gasteiger partial charge in [0.05, 0.1) is 10.6 Å². The van der Waals surface area contributed by atoms with Crippen LogP contribution in [0.5, 0.6) is 0 Å². The molecule has 74 valence electrons. The van der Waals surface area contributed by atoms with E-state index in [1.807, 2.05) is 23.6 Å². The van der Waals surface area contributed by atoms with E-state index in [0.29, 0.717) is 5.78 Å². The lowest BCUT2D eigenvalue weighted by Crippen LogP contribution is -1.94. The molecule has 0 aliphatic heterocycles. The number of aromatic nitrogens is 4. The molecule has 5 nitrogen and oxygen atoms in total. The molecule has 0 aliphatic carbocycles. The van der Waals surface area contributed by atoms with E-state index in [2.05, 4.69) is 15.1 Å². The van der Waals surface area contributed by atoms with Crippen LogP contribution < -0.4 is 5.73 Å². The Morgan fingerprint density at radius 2 is 2.27 bits per heavy atom. The molecule has 3 aromatic heterocycles. The van der Waals surface area contributed by atoms with Crippen molar-refractivity contribution in [2.24, 2.45) is 0 Å². The van der Waals surface area contributed by atoms with Crippen molar-refractivity contribution < 1.29 is 0 Å². The number of nitrogens with zero attached hydrogens (tertiary/aromatic N) is 4. The van der Waals surface area contributed by atoms with Gasteiger partial charge in [0.15, 0.2) is 0 Å². The molecule has 0 radical (unpaired) electrons. The van der Waals surface area contributed by atoms with Gasteiger partial charge in [0.1, 0.15) is 0 Å². The van der Waals surface area contributed by atoms with Crippen molar-refractivity contribution in [3.8, 4) is 10.6 Å². The Kier molecular flexibility index (Phi) is 1.69. The minimum Gasteiger partial charge on any atom is -0.366 e. The van der Waals surface area contributed by atoms with E-state index in [1.54, 1.807) is 22.0 Å². The van der Waals surface area contributed by atoms with Crippen molar-refractivity contribution in [1.29, 1.82) is 0 Å². The second kappa shape index (κ2) is 3.03. The van der Waals surface area contributed by atoms with Gasteiger partial charge in [0.25, 0.3) is 5.78 Å². The first kappa shape index (κ1) is 8.37. The van der Waals surface area contributed by atoms with Crippen molar-refractivity contribution >= 4 is 23.1 Å². The topological polar surface area (TPSA) is 69.1 Å². The highest BCUT2D eigenvalue weighted by molar-refractivity contribution is 7.13. The van der Waals surface area contributed by atoms with Gasteiger partial charge in [0.2, 0.25) is 5.95 Å². The van der Waals surface area contributed by atoms with Crippen LogP contribution in [0.1, 0.15) is 0 Å². The number of nitrogens with two attached hydrogens (primary N) is 1. The number of nitrogen functional groups attached to an aromatic ring is 1. The maximum absolute atomic E-state index is 5.53. The van der Waals surface area contributed by atoms with Crippen LogP contribution in [0.15, 0.2) is 29.8 Å². The number of hydrogen-bond donors (Lipinski definition) is 1. The molecule has 0 saturated heterocycles. The van der Waals surface area contributed by atoms with Crippen molar-refractivity contribution in [1.82, 2.24) is 19.6 Å². The van der Waals surface area contributed by atoms with Gasteiger partial charge in [0, 0.05) is 6.20 Å². The molecule has 0 spiro atoms. The Balaban J connectivity index is 2.35. The lowest BCUT2D eigenvalue weighted by atomic mass is 10.3. The molecule has 0 atom stereocenters. The monoisotopic (exact) mass is 217 g/mol. The molecule has 0 aliphatic rings. The zero-order chi connectivity index (χ0) is 10.3. The van der Waals surface area contributed by atoms with Crippen molar-refractivity contribution in [3.63, 3.8) is 0 Å². The van der Waals surface area contributed by atoms with Crippen LogP contribution >= 0.6 is 11.3 Å². The maximum Gasteiger partial charge on any atom is 0.254 e. The summed E-state index contributed by atoms with van der Waals surface area (Å²) in [5, 5.41) is 6.11. The molecule has 6 heteroatoms. The molecule has 3 aromatic rings. The van der Waals surface area contributed by atoms with E-state index in [0.717, 1.165) is 10.6 Å². The van der Waals surface area contributed by atoms with Crippen molar-refractivity contribution in [2.75, 3.05) is 5.73 Å². The number of anilines is 1. The van der Waals surface area contributed by atoms with Crippen LogP contribution in [0.2, 0.25) is 0 Å². The fourth-order valence-corrected chi connectivity index (χ4v) is 2.16. The molecule has 3 rings (SSSR count).